The Labute approximate surface area is 162 Å². The van der Waals surface area contributed by atoms with E-state index in [4.69, 9.17) is 9.47 Å². The Bertz CT molecular complexity index is 803. The molecule has 1 N–H and O–H groups in total. The van der Waals surface area contributed by atoms with E-state index < -0.39 is 0 Å². The van der Waals surface area contributed by atoms with Gasteiger partial charge < -0.3 is 19.7 Å². The van der Waals surface area contributed by atoms with Crippen LogP contribution in [0, 0.1) is 5.82 Å². The fourth-order valence-corrected chi connectivity index (χ4v) is 4.39. The first-order valence-electron chi connectivity index (χ1n) is 8.77. The molecule has 144 valence electrons. The third-order valence-corrected chi connectivity index (χ3v) is 5.84. The molecule has 0 bridgehead atoms. The predicted octanol–water partition coefficient (Wildman–Crippen LogP) is 4.56. The van der Waals surface area contributed by atoms with Gasteiger partial charge in [-0.2, -0.15) is 11.8 Å². The van der Waals surface area contributed by atoms with E-state index in [2.05, 4.69) is 5.32 Å². The van der Waals surface area contributed by atoms with E-state index in [1.807, 2.05) is 12.1 Å². The van der Waals surface area contributed by atoms with Gasteiger partial charge in [0, 0.05) is 29.7 Å². The molecule has 2 aromatic carbocycles. The number of hydrogen-bond acceptors (Lipinski definition) is 4. The van der Waals surface area contributed by atoms with Crippen LogP contribution in [0.15, 0.2) is 42.5 Å². The van der Waals surface area contributed by atoms with Gasteiger partial charge in [0.15, 0.2) is 11.5 Å². The molecule has 1 aliphatic heterocycles. The standard InChI is InChI=1S/C20H23FN2O3S/c1-25-17-9-5-8-16(19(17)26-2)22-20(24)23-11-10-18(27-13-12-23)14-6-3-4-7-15(14)21/h3-9,18H,10-13H2,1-2H3,(H,22,24). The summed E-state index contributed by atoms with van der Waals surface area (Å²) in [7, 11) is 3.09. The third-order valence-electron chi connectivity index (χ3n) is 4.53. The van der Waals surface area contributed by atoms with E-state index in [0.717, 1.165) is 5.75 Å². The van der Waals surface area contributed by atoms with Gasteiger partial charge in [-0.1, -0.05) is 24.3 Å². The highest BCUT2D eigenvalue weighted by atomic mass is 32.2. The van der Waals surface area contributed by atoms with Crippen LogP contribution in [0.1, 0.15) is 17.2 Å². The van der Waals surface area contributed by atoms with Gasteiger partial charge in [0.25, 0.3) is 0 Å². The Balaban J connectivity index is 1.68. The van der Waals surface area contributed by atoms with Crippen molar-refractivity contribution in [2.75, 3.05) is 38.4 Å². The highest BCUT2D eigenvalue weighted by molar-refractivity contribution is 7.99. The summed E-state index contributed by atoms with van der Waals surface area (Å²) in [6.45, 7) is 1.16. The first kappa shape index (κ1) is 19.4. The summed E-state index contributed by atoms with van der Waals surface area (Å²) in [5.41, 5.74) is 1.27. The molecule has 0 saturated carbocycles. The van der Waals surface area contributed by atoms with Crippen LogP contribution < -0.4 is 14.8 Å². The zero-order valence-corrected chi connectivity index (χ0v) is 16.2. The minimum Gasteiger partial charge on any atom is -0.493 e. The molecule has 0 spiro atoms. The van der Waals surface area contributed by atoms with Crippen molar-refractivity contribution in [1.29, 1.82) is 0 Å². The Hall–Kier alpha value is -2.41. The normalized spacial score (nSPS) is 17.1. The van der Waals surface area contributed by atoms with Crippen molar-refractivity contribution in [1.82, 2.24) is 4.90 Å². The van der Waals surface area contributed by atoms with Gasteiger partial charge >= 0.3 is 6.03 Å². The number of rotatable bonds is 4. The molecular weight excluding hydrogens is 367 g/mol. The molecule has 2 aromatic rings. The number of anilines is 1. The van der Waals surface area contributed by atoms with Crippen molar-refractivity contribution in [2.45, 2.75) is 11.7 Å². The van der Waals surface area contributed by atoms with Gasteiger partial charge in [-0.05, 0) is 24.6 Å². The summed E-state index contributed by atoms with van der Waals surface area (Å²) in [6, 6.07) is 12.0. The molecule has 0 aliphatic carbocycles. The van der Waals surface area contributed by atoms with Crippen molar-refractivity contribution in [2.24, 2.45) is 0 Å². The van der Waals surface area contributed by atoms with Gasteiger partial charge in [0.2, 0.25) is 0 Å². The van der Waals surface area contributed by atoms with Crippen molar-refractivity contribution in [3.8, 4) is 11.5 Å². The van der Waals surface area contributed by atoms with E-state index in [1.165, 1.54) is 13.2 Å². The van der Waals surface area contributed by atoms with Crippen molar-refractivity contribution in [3.63, 3.8) is 0 Å². The lowest BCUT2D eigenvalue weighted by atomic mass is 10.1. The van der Waals surface area contributed by atoms with Crippen LogP contribution in [0.25, 0.3) is 0 Å². The Morgan fingerprint density at radius 3 is 2.70 bits per heavy atom. The number of methoxy groups -OCH3 is 2. The van der Waals surface area contributed by atoms with E-state index in [9.17, 15) is 9.18 Å². The number of halogens is 1. The van der Waals surface area contributed by atoms with Gasteiger partial charge in [-0.3, -0.25) is 0 Å². The molecule has 1 aliphatic rings. The van der Waals surface area contributed by atoms with Gasteiger partial charge in [-0.15, -0.1) is 0 Å². The van der Waals surface area contributed by atoms with E-state index in [0.29, 0.717) is 42.3 Å². The summed E-state index contributed by atoms with van der Waals surface area (Å²) in [5, 5.41) is 2.95. The number of urea groups is 1. The molecule has 1 saturated heterocycles. The van der Waals surface area contributed by atoms with Crippen LogP contribution in [0.4, 0.5) is 14.9 Å². The van der Waals surface area contributed by atoms with E-state index in [1.54, 1.807) is 48.0 Å². The fraction of sp³-hybridized carbons (Fsp3) is 0.350. The first-order chi connectivity index (χ1) is 13.1. The number of nitrogens with zero attached hydrogens (tertiary/aromatic N) is 1. The van der Waals surface area contributed by atoms with Gasteiger partial charge in [-0.25, -0.2) is 9.18 Å². The number of carbonyl (C=O) groups is 1. The zero-order chi connectivity index (χ0) is 19.2. The number of nitrogens with one attached hydrogen (secondary N) is 1. The number of carbonyl (C=O) groups excluding carboxylic acids is 1. The largest absolute Gasteiger partial charge is 0.493 e. The lowest BCUT2D eigenvalue weighted by Crippen LogP contribution is -2.36. The van der Waals surface area contributed by atoms with Crippen LogP contribution in [0.3, 0.4) is 0 Å². The Morgan fingerprint density at radius 1 is 1.15 bits per heavy atom. The van der Waals surface area contributed by atoms with Crippen molar-refractivity contribution < 1.29 is 18.7 Å². The second-order valence-electron chi connectivity index (χ2n) is 6.13. The van der Waals surface area contributed by atoms with Crippen LogP contribution in [0.5, 0.6) is 11.5 Å². The maximum absolute atomic E-state index is 14.1. The van der Waals surface area contributed by atoms with E-state index >= 15 is 0 Å². The second-order valence-corrected chi connectivity index (χ2v) is 7.44. The summed E-state index contributed by atoms with van der Waals surface area (Å²) in [6.07, 6.45) is 0.703. The smallest absolute Gasteiger partial charge is 0.321 e. The summed E-state index contributed by atoms with van der Waals surface area (Å²) < 4.78 is 24.7. The first-order valence-corrected chi connectivity index (χ1v) is 9.82. The van der Waals surface area contributed by atoms with E-state index in [-0.39, 0.29) is 17.1 Å². The number of thioether (sulfide) groups is 1. The van der Waals surface area contributed by atoms with Gasteiger partial charge in [0.1, 0.15) is 5.82 Å². The van der Waals surface area contributed by atoms with Crippen LogP contribution in [0.2, 0.25) is 0 Å². The van der Waals surface area contributed by atoms with Crippen LogP contribution >= 0.6 is 11.8 Å². The summed E-state index contributed by atoms with van der Waals surface area (Å²) in [4.78, 5) is 14.5. The molecule has 0 aromatic heterocycles. The molecule has 27 heavy (non-hydrogen) atoms. The highest BCUT2D eigenvalue weighted by Gasteiger charge is 2.24. The molecule has 0 radical (unpaired) electrons. The SMILES string of the molecule is COc1cccc(NC(=O)N2CCSC(c3ccccc3F)CC2)c1OC. The molecule has 1 atom stereocenters. The van der Waals surface area contributed by atoms with Crippen LogP contribution in [-0.2, 0) is 0 Å². The molecule has 1 unspecified atom stereocenters. The maximum atomic E-state index is 14.1. The molecule has 3 rings (SSSR count). The number of benzene rings is 2. The monoisotopic (exact) mass is 390 g/mol. The Morgan fingerprint density at radius 2 is 1.96 bits per heavy atom. The van der Waals surface area contributed by atoms with Crippen LogP contribution in [-0.4, -0.2) is 44.0 Å². The second kappa shape index (κ2) is 8.99. The molecule has 5 nitrogen and oxygen atoms in total. The molecule has 1 fully saturated rings. The average Bonchev–Trinajstić information content (AvgIpc) is 2.94. The predicted molar refractivity (Wildman–Crippen MR) is 106 cm³/mol. The molecule has 1 heterocycles. The topological polar surface area (TPSA) is 50.8 Å². The number of para-hydroxylation sites is 1. The van der Waals surface area contributed by atoms with Crippen molar-refractivity contribution >= 4 is 23.5 Å². The van der Waals surface area contributed by atoms with Gasteiger partial charge in [0.05, 0.1) is 19.9 Å². The fourth-order valence-electron chi connectivity index (χ4n) is 3.14. The summed E-state index contributed by atoms with van der Waals surface area (Å²) in [5.74, 6) is 1.61. The minimum absolute atomic E-state index is 0.0513. The lowest BCUT2D eigenvalue weighted by Gasteiger charge is -2.22. The quantitative estimate of drug-likeness (QED) is 0.832. The zero-order valence-electron chi connectivity index (χ0n) is 15.4. The summed E-state index contributed by atoms with van der Waals surface area (Å²) >= 11 is 1.69. The third kappa shape index (κ3) is 4.47. The molecule has 2 amide bonds. The lowest BCUT2D eigenvalue weighted by molar-refractivity contribution is 0.215. The maximum Gasteiger partial charge on any atom is 0.321 e. The number of amides is 2. The molecule has 7 heteroatoms. The average molecular weight is 390 g/mol. The Kier molecular flexibility index (Phi) is 6.45. The number of hydrogen-bond donors (Lipinski definition) is 1. The van der Waals surface area contributed by atoms with Crippen molar-refractivity contribution in [3.05, 3.63) is 53.8 Å². The highest BCUT2D eigenvalue weighted by Crippen LogP contribution is 2.37. The minimum atomic E-state index is -0.198. The number of ether oxygens (including phenoxy) is 2. The molecular formula is C20H23FN2O3S.